The fourth-order valence-electron chi connectivity index (χ4n) is 3.51. The molecule has 0 saturated carbocycles. The normalized spacial score (nSPS) is 31.2. The van der Waals surface area contributed by atoms with Gasteiger partial charge < -0.3 is 9.64 Å². The minimum absolute atomic E-state index is 0.135. The number of carbonyl (C=O) groups is 1. The predicted molar refractivity (Wildman–Crippen MR) is 73.9 cm³/mol. The van der Waals surface area contributed by atoms with Gasteiger partial charge in [-0.15, -0.1) is 0 Å². The highest BCUT2D eigenvalue weighted by Gasteiger charge is 2.38. The van der Waals surface area contributed by atoms with Crippen molar-refractivity contribution in [2.45, 2.75) is 51.1 Å². The molecule has 1 unspecified atom stereocenters. The van der Waals surface area contributed by atoms with Crippen LogP contribution in [0.2, 0.25) is 0 Å². The number of piperidine rings is 2. The van der Waals surface area contributed by atoms with Crippen molar-refractivity contribution < 1.29 is 9.53 Å². The SMILES string of the molecule is CC1CCN(C(=O)C2CCCCN2C2COC2)CC1. The second kappa shape index (κ2) is 5.80. The lowest BCUT2D eigenvalue weighted by atomic mass is 9.95. The van der Waals surface area contributed by atoms with Crippen molar-refractivity contribution in [2.24, 2.45) is 5.92 Å². The Kier molecular flexibility index (Phi) is 4.08. The molecule has 4 nitrogen and oxygen atoms in total. The van der Waals surface area contributed by atoms with E-state index in [1.54, 1.807) is 0 Å². The van der Waals surface area contributed by atoms with Crippen LogP contribution in [0.3, 0.4) is 0 Å². The summed E-state index contributed by atoms with van der Waals surface area (Å²) in [6.45, 7) is 6.94. The summed E-state index contributed by atoms with van der Waals surface area (Å²) in [5.41, 5.74) is 0. The van der Waals surface area contributed by atoms with Crippen molar-refractivity contribution in [3.63, 3.8) is 0 Å². The first-order valence-electron chi connectivity index (χ1n) is 7.88. The van der Waals surface area contributed by atoms with E-state index in [0.29, 0.717) is 11.9 Å². The number of carbonyl (C=O) groups excluding carboxylic acids is 1. The van der Waals surface area contributed by atoms with Crippen LogP contribution in [0.25, 0.3) is 0 Å². The van der Waals surface area contributed by atoms with Gasteiger partial charge in [-0.1, -0.05) is 13.3 Å². The summed E-state index contributed by atoms with van der Waals surface area (Å²) >= 11 is 0. The molecule has 108 valence electrons. The molecule has 1 atom stereocenters. The Balaban J connectivity index is 1.62. The first-order valence-corrected chi connectivity index (χ1v) is 7.88. The van der Waals surface area contributed by atoms with E-state index in [0.717, 1.165) is 45.2 Å². The number of amides is 1. The Morgan fingerprint density at radius 2 is 1.79 bits per heavy atom. The monoisotopic (exact) mass is 266 g/mol. The minimum Gasteiger partial charge on any atom is -0.378 e. The van der Waals surface area contributed by atoms with Crippen LogP contribution in [0.1, 0.15) is 39.0 Å². The summed E-state index contributed by atoms with van der Waals surface area (Å²) in [5, 5.41) is 0. The van der Waals surface area contributed by atoms with E-state index in [4.69, 9.17) is 4.74 Å². The van der Waals surface area contributed by atoms with Gasteiger partial charge in [0.1, 0.15) is 0 Å². The number of hydrogen-bond donors (Lipinski definition) is 0. The number of rotatable bonds is 2. The highest BCUT2D eigenvalue weighted by molar-refractivity contribution is 5.82. The van der Waals surface area contributed by atoms with E-state index in [1.165, 1.54) is 25.7 Å². The largest absolute Gasteiger partial charge is 0.378 e. The van der Waals surface area contributed by atoms with Crippen LogP contribution in [0.5, 0.6) is 0 Å². The van der Waals surface area contributed by atoms with Crippen molar-refractivity contribution in [1.82, 2.24) is 9.80 Å². The molecule has 0 aliphatic carbocycles. The van der Waals surface area contributed by atoms with Crippen LogP contribution in [-0.2, 0) is 9.53 Å². The van der Waals surface area contributed by atoms with Gasteiger partial charge in [0, 0.05) is 13.1 Å². The maximum atomic E-state index is 12.8. The van der Waals surface area contributed by atoms with Crippen LogP contribution in [-0.4, -0.2) is 60.6 Å². The summed E-state index contributed by atoms with van der Waals surface area (Å²) in [6.07, 6.45) is 5.82. The van der Waals surface area contributed by atoms with Crippen LogP contribution in [0, 0.1) is 5.92 Å². The smallest absolute Gasteiger partial charge is 0.239 e. The molecule has 0 spiro atoms. The van der Waals surface area contributed by atoms with Crippen molar-refractivity contribution >= 4 is 5.91 Å². The molecular formula is C15H26N2O2. The molecule has 4 heteroatoms. The lowest BCUT2D eigenvalue weighted by Gasteiger charge is -2.45. The number of likely N-dealkylation sites (tertiary alicyclic amines) is 2. The average molecular weight is 266 g/mol. The fourth-order valence-corrected chi connectivity index (χ4v) is 3.51. The molecule has 3 saturated heterocycles. The number of hydrogen-bond acceptors (Lipinski definition) is 3. The van der Waals surface area contributed by atoms with E-state index in [1.807, 2.05) is 0 Å². The van der Waals surface area contributed by atoms with Crippen LogP contribution in [0.4, 0.5) is 0 Å². The molecule has 3 aliphatic heterocycles. The molecule has 0 N–H and O–H groups in total. The molecule has 0 aromatic heterocycles. The van der Waals surface area contributed by atoms with Gasteiger partial charge in [-0.2, -0.15) is 0 Å². The van der Waals surface area contributed by atoms with Gasteiger partial charge in [0.25, 0.3) is 0 Å². The molecule has 3 fully saturated rings. The Bertz CT molecular complexity index is 322. The van der Waals surface area contributed by atoms with Crippen LogP contribution < -0.4 is 0 Å². The molecule has 1 amide bonds. The van der Waals surface area contributed by atoms with E-state index < -0.39 is 0 Å². The summed E-state index contributed by atoms with van der Waals surface area (Å²) in [5.74, 6) is 1.17. The quantitative estimate of drug-likeness (QED) is 0.759. The third kappa shape index (κ3) is 2.79. The zero-order chi connectivity index (χ0) is 13.2. The van der Waals surface area contributed by atoms with Gasteiger partial charge in [0.05, 0.1) is 25.3 Å². The van der Waals surface area contributed by atoms with Crippen LogP contribution >= 0.6 is 0 Å². The lowest BCUT2D eigenvalue weighted by molar-refractivity contribution is -0.147. The highest BCUT2D eigenvalue weighted by atomic mass is 16.5. The molecular weight excluding hydrogens is 240 g/mol. The second-order valence-electron chi connectivity index (χ2n) is 6.45. The Morgan fingerprint density at radius 1 is 1.05 bits per heavy atom. The Labute approximate surface area is 116 Å². The average Bonchev–Trinajstić information content (AvgIpc) is 2.37. The van der Waals surface area contributed by atoms with Crippen molar-refractivity contribution in [3.05, 3.63) is 0 Å². The summed E-state index contributed by atoms with van der Waals surface area (Å²) in [7, 11) is 0. The predicted octanol–water partition coefficient (Wildman–Crippen LogP) is 1.50. The zero-order valence-corrected chi connectivity index (χ0v) is 12.0. The summed E-state index contributed by atoms with van der Waals surface area (Å²) < 4.78 is 5.31. The Morgan fingerprint density at radius 3 is 2.42 bits per heavy atom. The molecule has 0 radical (unpaired) electrons. The van der Waals surface area contributed by atoms with Gasteiger partial charge >= 0.3 is 0 Å². The first kappa shape index (κ1) is 13.4. The third-order valence-corrected chi connectivity index (χ3v) is 5.01. The fraction of sp³-hybridized carbons (Fsp3) is 0.933. The van der Waals surface area contributed by atoms with Crippen molar-refractivity contribution in [1.29, 1.82) is 0 Å². The topological polar surface area (TPSA) is 32.8 Å². The first-order chi connectivity index (χ1) is 9.25. The molecule has 3 aliphatic rings. The maximum absolute atomic E-state index is 12.8. The summed E-state index contributed by atoms with van der Waals surface area (Å²) in [4.78, 5) is 17.3. The standard InChI is InChI=1S/C15H26N2O2/c1-12-5-8-16(9-6-12)15(18)14-4-2-3-7-17(14)13-10-19-11-13/h12-14H,2-11H2,1H3. The van der Waals surface area contributed by atoms with Crippen LogP contribution in [0.15, 0.2) is 0 Å². The van der Waals surface area contributed by atoms with Gasteiger partial charge in [0.2, 0.25) is 5.91 Å². The Hall–Kier alpha value is -0.610. The molecule has 19 heavy (non-hydrogen) atoms. The van der Waals surface area contributed by atoms with Gasteiger partial charge in [-0.3, -0.25) is 9.69 Å². The van der Waals surface area contributed by atoms with Crippen molar-refractivity contribution in [2.75, 3.05) is 32.8 Å². The maximum Gasteiger partial charge on any atom is 0.239 e. The van der Waals surface area contributed by atoms with E-state index in [-0.39, 0.29) is 6.04 Å². The van der Waals surface area contributed by atoms with E-state index in [2.05, 4.69) is 16.7 Å². The minimum atomic E-state index is 0.135. The van der Waals surface area contributed by atoms with Gasteiger partial charge in [-0.05, 0) is 38.1 Å². The van der Waals surface area contributed by atoms with Gasteiger partial charge in [-0.25, -0.2) is 0 Å². The zero-order valence-electron chi connectivity index (χ0n) is 12.0. The van der Waals surface area contributed by atoms with E-state index in [9.17, 15) is 4.79 Å². The molecule has 0 bridgehead atoms. The number of ether oxygens (including phenoxy) is 1. The third-order valence-electron chi connectivity index (χ3n) is 5.01. The number of nitrogens with zero attached hydrogens (tertiary/aromatic N) is 2. The molecule has 0 aromatic rings. The molecule has 0 aromatic carbocycles. The molecule has 3 rings (SSSR count). The lowest BCUT2D eigenvalue weighted by Crippen LogP contribution is -2.60. The van der Waals surface area contributed by atoms with E-state index >= 15 is 0 Å². The van der Waals surface area contributed by atoms with Gasteiger partial charge in [0.15, 0.2) is 0 Å². The molecule has 3 heterocycles. The second-order valence-corrected chi connectivity index (χ2v) is 6.45. The summed E-state index contributed by atoms with van der Waals surface area (Å²) in [6, 6.07) is 0.633. The highest BCUT2D eigenvalue weighted by Crippen LogP contribution is 2.26. The van der Waals surface area contributed by atoms with Crippen molar-refractivity contribution in [3.8, 4) is 0 Å².